The number of fused-ring (bicyclic) bond motifs is 1. The number of carbonyl (C=O) groups is 1. The summed E-state index contributed by atoms with van der Waals surface area (Å²) < 4.78 is 12.6. The number of aromatic nitrogens is 2. The lowest BCUT2D eigenvalue weighted by Gasteiger charge is -2.25. The highest BCUT2D eigenvalue weighted by Crippen LogP contribution is 2.37. The number of nitrogens with one attached hydrogen (secondary N) is 1. The Balaban J connectivity index is 1.71. The number of benzene rings is 1. The Morgan fingerprint density at radius 2 is 1.91 bits per heavy atom. The lowest BCUT2D eigenvalue weighted by atomic mass is 10.1. The number of anilines is 2. The Labute approximate surface area is 207 Å². The van der Waals surface area contributed by atoms with E-state index >= 15 is 0 Å². The zero-order valence-electron chi connectivity index (χ0n) is 20.1. The smallest absolute Gasteiger partial charge is 0.330 e. The molecule has 3 heterocycles. The van der Waals surface area contributed by atoms with E-state index in [1.165, 1.54) is 20.8 Å². The maximum absolute atomic E-state index is 13.7. The topological polar surface area (TPSA) is 120 Å². The number of H-pyrrole nitrogens is 1. The van der Waals surface area contributed by atoms with Gasteiger partial charge >= 0.3 is 5.69 Å². The van der Waals surface area contributed by atoms with Crippen molar-refractivity contribution in [2.75, 3.05) is 30.4 Å². The minimum Gasteiger partial charge on any atom is -0.486 e. The highest BCUT2D eigenvalue weighted by Gasteiger charge is 2.27. The van der Waals surface area contributed by atoms with Crippen LogP contribution in [0.25, 0.3) is 10.4 Å². The molecule has 0 unspecified atom stereocenters. The molecule has 1 aromatic carbocycles. The largest absolute Gasteiger partial charge is 0.486 e. The van der Waals surface area contributed by atoms with E-state index in [9.17, 15) is 14.4 Å². The fourth-order valence-corrected chi connectivity index (χ4v) is 4.91. The van der Waals surface area contributed by atoms with Crippen LogP contribution in [0, 0.1) is 5.92 Å². The summed E-state index contributed by atoms with van der Waals surface area (Å²) in [6, 6.07) is 9.28. The molecule has 1 aliphatic heterocycles. The van der Waals surface area contributed by atoms with Crippen LogP contribution < -0.4 is 31.4 Å². The van der Waals surface area contributed by atoms with Gasteiger partial charge in [0.25, 0.3) is 11.5 Å². The summed E-state index contributed by atoms with van der Waals surface area (Å²) in [7, 11) is 0. The molecule has 0 aliphatic carbocycles. The van der Waals surface area contributed by atoms with Crippen LogP contribution in [0.5, 0.6) is 11.5 Å². The lowest BCUT2D eigenvalue weighted by Crippen LogP contribution is -2.42. The maximum Gasteiger partial charge on any atom is 0.330 e. The Morgan fingerprint density at radius 1 is 1.17 bits per heavy atom. The molecule has 0 fully saturated rings. The predicted molar refractivity (Wildman–Crippen MR) is 138 cm³/mol. The minimum absolute atomic E-state index is 0.00446. The monoisotopic (exact) mass is 498 g/mol. The number of nitrogen functional groups attached to an aromatic ring is 1. The average molecular weight is 499 g/mol. The van der Waals surface area contributed by atoms with Gasteiger partial charge in [0.15, 0.2) is 17.2 Å². The normalized spacial score (nSPS) is 12.7. The quantitative estimate of drug-likeness (QED) is 0.488. The standard InChI is InChI=1S/C25H30N4O5S/c1-4-5-10-28-22(26)21(23(30)27-25(28)32)29(14-15(2)3)24(31)20-9-8-19(35-20)16-6-7-17-18(13-16)34-12-11-33-17/h6-9,13,15H,4-5,10-12,14,26H2,1-3H3,(H,27,30,32). The van der Waals surface area contributed by atoms with E-state index < -0.39 is 11.2 Å². The van der Waals surface area contributed by atoms with E-state index in [1.54, 1.807) is 6.07 Å². The van der Waals surface area contributed by atoms with Crippen LogP contribution in [0.1, 0.15) is 43.3 Å². The van der Waals surface area contributed by atoms with E-state index in [0.29, 0.717) is 36.1 Å². The summed E-state index contributed by atoms with van der Waals surface area (Å²) in [6.07, 6.45) is 1.57. The second-order valence-electron chi connectivity index (χ2n) is 8.83. The molecule has 1 amide bonds. The van der Waals surface area contributed by atoms with Crippen LogP contribution in [0.3, 0.4) is 0 Å². The molecule has 2 aromatic heterocycles. The second kappa shape index (κ2) is 10.4. The van der Waals surface area contributed by atoms with Crippen LogP contribution in [-0.4, -0.2) is 35.2 Å². The van der Waals surface area contributed by atoms with E-state index in [-0.39, 0.29) is 29.9 Å². The molecule has 10 heteroatoms. The van der Waals surface area contributed by atoms with Crippen molar-refractivity contribution < 1.29 is 14.3 Å². The van der Waals surface area contributed by atoms with E-state index in [0.717, 1.165) is 23.3 Å². The van der Waals surface area contributed by atoms with Gasteiger partial charge in [-0.15, -0.1) is 11.3 Å². The summed E-state index contributed by atoms with van der Waals surface area (Å²) in [6.45, 7) is 7.55. The van der Waals surface area contributed by atoms with Crippen molar-refractivity contribution in [1.29, 1.82) is 0 Å². The molecule has 3 aromatic rings. The molecule has 35 heavy (non-hydrogen) atoms. The Morgan fingerprint density at radius 3 is 2.63 bits per heavy atom. The first kappa shape index (κ1) is 24.6. The number of aromatic amines is 1. The summed E-state index contributed by atoms with van der Waals surface area (Å²) in [5, 5.41) is 0. The van der Waals surface area contributed by atoms with Gasteiger partial charge in [-0.2, -0.15) is 0 Å². The Hall–Kier alpha value is -3.53. The van der Waals surface area contributed by atoms with Gasteiger partial charge in [-0.1, -0.05) is 27.2 Å². The summed E-state index contributed by atoms with van der Waals surface area (Å²) in [5.41, 5.74) is 5.98. The maximum atomic E-state index is 13.7. The fraction of sp³-hybridized carbons (Fsp3) is 0.400. The summed E-state index contributed by atoms with van der Waals surface area (Å²) in [5.74, 6) is 1.09. The Bertz CT molecular complexity index is 1340. The molecule has 0 atom stereocenters. The molecular weight excluding hydrogens is 468 g/mol. The number of nitrogens with zero attached hydrogens (tertiary/aromatic N) is 2. The van der Waals surface area contributed by atoms with Crippen LogP contribution in [0.4, 0.5) is 11.5 Å². The van der Waals surface area contributed by atoms with Gasteiger partial charge in [0.1, 0.15) is 19.0 Å². The number of hydrogen-bond donors (Lipinski definition) is 2. The van der Waals surface area contributed by atoms with Crippen molar-refractivity contribution >= 4 is 28.7 Å². The summed E-state index contributed by atoms with van der Waals surface area (Å²) >= 11 is 1.32. The van der Waals surface area contributed by atoms with E-state index in [2.05, 4.69) is 4.98 Å². The van der Waals surface area contributed by atoms with Gasteiger partial charge in [-0.25, -0.2) is 4.79 Å². The highest BCUT2D eigenvalue weighted by atomic mass is 32.1. The number of nitrogens with two attached hydrogens (primary N) is 1. The first-order valence-corrected chi connectivity index (χ1v) is 12.6. The second-order valence-corrected chi connectivity index (χ2v) is 9.91. The zero-order chi connectivity index (χ0) is 25.1. The first-order valence-electron chi connectivity index (χ1n) is 11.7. The van der Waals surface area contributed by atoms with Crippen molar-refractivity contribution in [3.63, 3.8) is 0 Å². The summed E-state index contributed by atoms with van der Waals surface area (Å²) in [4.78, 5) is 43.9. The van der Waals surface area contributed by atoms with Gasteiger partial charge in [0, 0.05) is 18.0 Å². The van der Waals surface area contributed by atoms with Crippen molar-refractivity contribution in [3.8, 4) is 21.9 Å². The molecule has 1 aliphatic rings. The molecule has 0 radical (unpaired) electrons. The van der Waals surface area contributed by atoms with Gasteiger partial charge in [0.05, 0.1) is 4.88 Å². The number of thiophene rings is 1. The fourth-order valence-electron chi connectivity index (χ4n) is 3.95. The number of unbranched alkanes of at least 4 members (excludes halogenated alkanes) is 1. The number of amides is 1. The van der Waals surface area contributed by atoms with Crippen LogP contribution >= 0.6 is 11.3 Å². The van der Waals surface area contributed by atoms with Crippen LogP contribution in [-0.2, 0) is 6.54 Å². The van der Waals surface area contributed by atoms with Gasteiger partial charge < -0.3 is 15.2 Å². The van der Waals surface area contributed by atoms with Crippen molar-refractivity contribution in [3.05, 3.63) is 56.0 Å². The number of ether oxygens (including phenoxy) is 2. The molecule has 186 valence electrons. The Kier molecular flexibility index (Phi) is 7.30. The van der Waals surface area contributed by atoms with Crippen molar-refractivity contribution in [2.45, 2.75) is 40.2 Å². The molecule has 0 bridgehead atoms. The van der Waals surface area contributed by atoms with Gasteiger partial charge in [-0.3, -0.25) is 24.0 Å². The molecule has 0 saturated carbocycles. The third kappa shape index (κ3) is 5.12. The van der Waals surface area contributed by atoms with Crippen molar-refractivity contribution in [1.82, 2.24) is 9.55 Å². The van der Waals surface area contributed by atoms with Crippen molar-refractivity contribution in [2.24, 2.45) is 5.92 Å². The first-order chi connectivity index (χ1) is 16.8. The molecule has 4 rings (SSSR count). The number of carbonyl (C=O) groups excluding carboxylic acids is 1. The minimum atomic E-state index is -0.669. The molecular formula is C25H30N4O5S. The third-order valence-electron chi connectivity index (χ3n) is 5.66. The number of hydrogen-bond acceptors (Lipinski definition) is 7. The molecule has 3 N–H and O–H groups in total. The zero-order valence-corrected chi connectivity index (χ0v) is 20.9. The average Bonchev–Trinajstić information content (AvgIpc) is 3.32. The predicted octanol–water partition coefficient (Wildman–Crippen LogP) is 3.72. The number of rotatable bonds is 8. The molecule has 0 saturated heterocycles. The molecule has 9 nitrogen and oxygen atoms in total. The molecule has 0 spiro atoms. The van der Waals surface area contributed by atoms with Crippen LogP contribution in [0.2, 0.25) is 0 Å². The lowest BCUT2D eigenvalue weighted by molar-refractivity contribution is 0.0987. The van der Waals surface area contributed by atoms with Gasteiger partial charge in [-0.05, 0) is 48.2 Å². The van der Waals surface area contributed by atoms with E-state index in [4.69, 9.17) is 15.2 Å². The SMILES string of the molecule is CCCCn1c(N)c(N(CC(C)C)C(=O)c2ccc(-c3ccc4c(c3)OCCO4)s2)c(=O)[nH]c1=O. The highest BCUT2D eigenvalue weighted by molar-refractivity contribution is 7.17. The van der Waals surface area contributed by atoms with Gasteiger partial charge in [0.2, 0.25) is 0 Å². The van der Waals surface area contributed by atoms with E-state index in [1.807, 2.05) is 45.0 Å². The third-order valence-corrected chi connectivity index (χ3v) is 6.78. The van der Waals surface area contributed by atoms with Crippen LogP contribution in [0.15, 0.2) is 39.9 Å².